The van der Waals surface area contributed by atoms with Gasteiger partial charge in [0.1, 0.15) is 12.1 Å². The summed E-state index contributed by atoms with van der Waals surface area (Å²) in [5.74, 6) is 0.771. The summed E-state index contributed by atoms with van der Waals surface area (Å²) in [7, 11) is 3.51. The first-order valence-corrected chi connectivity index (χ1v) is 6.83. The van der Waals surface area contributed by atoms with Gasteiger partial charge in [-0.1, -0.05) is 12.1 Å². The SMILES string of the molecule is CN(C)C(=O)Cc1ccc(Nc2ncnc3[nH]ncc23)cc1. The Bertz CT molecular complexity index is 793. The number of benzene rings is 1. The molecule has 7 heteroatoms. The van der Waals surface area contributed by atoms with Crippen molar-refractivity contribution in [3.63, 3.8) is 0 Å². The normalized spacial score (nSPS) is 10.6. The highest BCUT2D eigenvalue weighted by atomic mass is 16.2. The topological polar surface area (TPSA) is 86.8 Å². The van der Waals surface area contributed by atoms with E-state index < -0.39 is 0 Å². The molecular weight excluding hydrogens is 280 g/mol. The molecule has 0 unspecified atom stereocenters. The molecule has 7 nitrogen and oxygen atoms in total. The lowest BCUT2D eigenvalue weighted by molar-refractivity contribution is -0.127. The van der Waals surface area contributed by atoms with Crippen LogP contribution in [-0.2, 0) is 11.2 Å². The van der Waals surface area contributed by atoms with Gasteiger partial charge in [-0.3, -0.25) is 9.89 Å². The van der Waals surface area contributed by atoms with Crippen LogP contribution in [0.2, 0.25) is 0 Å². The van der Waals surface area contributed by atoms with E-state index in [1.807, 2.05) is 24.3 Å². The van der Waals surface area contributed by atoms with Crippen LogP contribution in [0, 0.1) is 0 Å². The third kappa shape index (κ3) is 2.88. The minimum Gasteiger partial charge on any atom is -0.349 e. The Hall–Kier alpha value is -2.96. The van der Waals surface area contributed by atoms with Crippen LogP contribution in [0.1, 0.15) is 5.56 Å². The van der Waals surface area contributed by atoms with E-state index in [0.717, 1.165) is 16.6 Å². The molecule has 0 radical (unpaired) electrons. The Kier molecular flexibility index (Phi) is 3.69. The molecule has 0 aliphatic carbocycles. The number of nitrogens with zero attached hydrogens (tertiary/aromatic N) is 4. The Morgan fingerprint density at radius 2 is 2.00 bits per heavy atom. The van der Waals surface area contributed by atoms with E-state index >= 15 is 0 Å². The number of fused-ring (bicyclic) bond motifs is 1. The first-order valence-electron chi connectivity index (χ1n) is 6.83. The molecule has 22 heavy (non-hydrogen) atoms. The molecule has 0 aliphatic heterocycles. The molecular formula is C15H16N6O. The van der Waals surface area contributed by atoms with E-state index in [1.54, 1.807) is 25.2 Å². The average molecular weight is 296 g/mol. The highest BCUT2D eigenvalue weighted by Crippen LogP contribution is 2.21. The van der Waals surface area contributed by atoms with Gasteiger partial charge in [0.05, 0.1) is 18.0 Å². The van der Waals surface area contributed by atoms with Crippen LogP contribution in [0.3, 0.4) is 0 Å². The van der Waals surface area contributed by atoms with Crippen LogP contribution in [0.5, 0.6) is 0 Å². The number of amides is 1. The molecule has 3 aromatic rings. The van der Waals surface area contributed by atoms with E-state index in [0.29, 0.717) is 17.9 Å². The number of carbonyl (C=O) groups excluding carboxylic acids is 1. The van der Waals surface area contributed by atoms with Crippen LogP contribution in [0.15, 0.2) is 36.8 Å². The summed E-state index contributed by atoms with van der Waals surface area (Å²) in [5.41, 5.74) is 2.55. The van der Waals surface area contributed by atoms with E-state index in [2.05, 4.69) is 25.5 Å². The van der Waals surface area contributed by atoms with Crippen molar-refractivity contribution in [1.29, 1.82) is 0 Å². The van der Waals surface area contributed by atoms with Crippen LogP contribution in [-0.4, -0.2) is 45.1 Å². The molecule has 2 aromatic heterocycles. The van der Waals surface area contributed by atoms with Gasteiger partial charge in [0.15, 0.2) is 5.65 Å². The summed E-state index contributed by atoms with van der Waals surface area (Å²) in [6, 6.07) is 7.70. The minimum atomic E-state index is 0.0802. The van der Waals surface area contributed by atoms with Crippen molar-refractivity contribution in [1.82, 2.24) is 25.1 Å². The summed E-state index contributed by atoms with van der Waals surface area (Å²) in [6.07, 6.45) is 3.56. The molecule has 0 saturated heterocycles. The van der Waals surface area contributed by atoms with Crippen LogP contribution < -0.4 is 5.32 Å². The van der Waals surface area contributed by atoms with Gasteiger partial charge in [0.25, 0.3) is 0 Å². The predicted octanol–water partition coefficient (Wildman–Crippen LogP) is 1.73. The molecule has 1 aromatic carbocycles. The molecule has 112 valence electrons. The van der Waals surface area contributed by atoms with Gasteiger partial charge >= 0.3 is 0 Å². The number of aromatic nitrogens is 4. The van der Waals surface area contributed by atoms with Crippen LogP contribution in [0.25, 0.3) is 11.0 Å². The number of anilines is 2. The molecule has 1 amide bonds. The summed E-state index contributed by atoms with van der Waals surface area (Å²) < 4.78 is 0. The monoisotopic (exact) mass is 296 g/mol. The van der Waals surface area contributed by atoms with Crippen molar-refractivity contribution >= 4 is 28.4 Å². The Labute approximate surface area is 127 Å². The number of hydrogen-bond acceptors (Lipinski definition) is 5. The summed E-state index contributed by atoms with van der Waals surface area (Å²) in [6.45, 7) is 0. The highest BCUT2D eigenvalue weighted by Gasteiger charge is 2.07. The molecule has 0 saturated carbocycles. The van der Waals surface area contributed by atoms with Gasteiger partial charge in [-0.25, -0.2) is 9.97 Å². The summed E-state index contributed by atoms with van der Waals surface area (Å²) in [4.78, 5) is 21.6. The molecule has 3 rings (SSSR count). The number of carbonyl (C=O) groups is 1. The fourth-order valence-electron chi connectivity index (χ4n) is 2.04. The number of nitrogens with one attached hydrogen (secondary N) is 2. The summed E-state index contributed by atoms with van der Waals surface area (Å²) >= 11 is 0. The molecule has 0 spiro atoms. The standard InChI is InChI=1S/C15H16N6O/c1-21(2)13(22)7-10-3-5-11(6-4-10)19-14-12-8-18-20-15(12)17-9-16-14/h3-6,8-9H,7H2,1-2H3,(H2,16,17,18,19,20). The van der Waals surface area contributed by atoms with Crippen LogP contribution >= 0.6 is 0 Å². The smallest absolute Gasteiger partial charge is 0.226 e. The first kappa shape index (κ1) is 14.0. The van der Waals surface area contributed by atoms with E-state index in [9.17, 15) is 4.79 Å². The van der Waals surface area contributed by atoms with Crippen LogP contribution in [0.4, 0.5) is 11.5 Å². The van der Waals surface area contributed by atoms with Crippen molar-refractivity contribution in [3.8, 4) is 0 Å². The second kappa shape index (κ2) is 5.80. The van der Waals surface area contributed by atoms with Crippen molar-refractivity contribution < 1.29 is 4.79 Å². The summed E-state index contributed by atoms with van der Waals surface area (Å²) in [5, 5.41) is 10.8. The zero-order valence-electron chi connectivity index (χ0n) is 12.4. The van der Waals surface area contributed by atoms with Gasteiger partial charge in [-0.15, -0.1) is 0 Å². The number of H-pyrrole nitrogens is 1. The van der Waals surface area contributed by atoms with Crippen molar-refractivity contribution in [2.24, 2.45) is 0 Å². The zero-order valence-corrected chi connectivity index (χ0v) is 12.4. The fourth-order valence-corrected chi connectivity index (χ4v) is 2.04. The highest BCUT2D eigenvalue weighted by molar-refractivity contribution is 5.87. The van der Waals surface area contributed by atoms with Gasteiger partial charge in [-0.05, 0) is 17.7 Å². The molecule has 0 aliphatic rings. The maximum atomic E-state index is 11.7. The number of aromatic amines is 1. The molecule has 0 atom stereocenters. The van der Waals surface area contributed by atoms with Crippen molar-refractivity contribution in [2.45, 2.75) is 6.42 Å². The molecule has 0 fully saturated rings. The molecule has 0 bridgehead atoms. The number of likely N-dealkylation sites (N-methyl/N-ethyl adjacent to an activating group) is 1. The zero-order chi connectivity index (χ0) is 15.5. The van der Waals surface area contributed by atoms with Crippen molar-refractivity contribution in [2.75, 3.05) is 19.4 Å². The van der Waals surface area contributed by atoms with E-state index in [-0.39, 0.29) is 5.91 Å². The second-order valence-electron chi connectivity index (χ2n) is 5.14. The maximum absolute atomic E-state index is 11.7. The fraction of sp³-hybridized carbons (Fsp3) is 0.200. The lowest BCUT2D eigenvalue weighted by Gasteiger charge is -2.11. The minimum absolute atomic E-state index is 0.0802. The lowest BCUT2D eigenvalue weighted by Crippen LogP contribution is -2.23. The Morgan fingerprint density at radius 1 is 1.23 bits per heavy atom. The van der Waals surface area contributed by atoms with Gasteiger partial charge < -0.3 is 10.2 Å². The maximum Gasteiger partial charge on any atom is 0.226 e. The molecule has 2 heterocycles. The Morgan fingerprint density at radius 3 is 2.73 bits per heavy atom. The van der Waals surface area contributed by atoms with Gasteiger partial charge in [-0.2, -0.15) is 5.10 Å². The van der Waals surface area contributed by atoms with E-state index in [1.165, 1.54) is 6.33 Å². The number of rotatable bonds is 4. The Balaban J connectivity index is 1.76. The second-order valence-corrected chi connectivity index (χ2v) is 5.14. The van der Waals surface area contributed by atoms with Crippen molar-refractivity contribution in [3.05, 3.63) is 42.4 Å². The van der Waals surface area contributed by atoms with E-state index in [4.69, 9.17) is 0 Å². The predicted molar refractivity (Wildman–Crippen MR) is 83.8 cm³/mol. The lowest BCUT2D eigenvalue weighted by atomic mass is 10.1. The largest absolute Gasteiger partial charge is 0.349 e. The third-order valence-corrected chi connectivity index (χ3v) is 3.32. The number of hydrogen-bond donors (Lipinski definition) is 2. The third-order valence-electron chi connectivity index (χ3n) is 3.32. The average Bonchev–Trinajstić information content (AvgIpc) is 2.98. The quantitative estimate of drug-likeness (QED) is 0.765. The molecule has 2 N–H and O–H groups in total. The van der Waals surface area contributed by atoms with Gasteiger partial charge in [0, 0.05) is 19.8 Å². The first-order chi connectivity index (χ1) is 10.6. The van der Waals surface area contributed by atoms with Gasteiger partial charge in [0.2, 0.25) is 5.91 Å².